The molecule has 0 aliphatic heterocycles. The molecule has 3 N–H and O–H groups in total. The molecule has 0 aliphatic carbocycles. The first-order valence-corrected chi connectivity index (χ1v) is 10.0. The van der Waals surface area contributed by atoms with Gasteiger partial charge in [0.1, 0.15) is 0 Å². The number of para-hydroxylation sites is 2. The molecule has 1 heterocycles. The number of carbonyl (C=O) groups excluding carboxylic acids is 1. The van der Waals surface area contributed by atoms with Crippen LogP contribution in [0.25, 0.3) is 17.1 Å². The summed E-state index contributed by atoms with van der Waals surface area (Å²) < 4.78 is 1.94. The number of nitrogens with zero attached hydrogens (tertiary/aromatic N) is 3. The highest BCUT2D eigenvalue weighted by atomic mass is 32.2. The zero-order chi connectivity index (χ0) is 20.1. The van der Waals surface area contributed by atoms with E-state index in [9.17, 15) is 4.79 Å². The monoisotopic (exact) mass is 401 g/mol. The van der Waals surface area contributed by atoms with Crippen molar-refractivity contribution >= 4 is 29.0 Å². The number of benzene rings is 3. The van der Waals surface area contributed by atoms with Gasteiger partial charge in [0.05, 0.1) is 5.75 Å². The first-order valence-electron chi connectivity index (χ1n) is 9.05. The average molecular weight is 401 g/mol. The Labute approximate surface area is 172 Å². The number of aromatic nitrogens is 3. The number of nitrogens with two attached hydrogens (primary N) is 1. The van der Waals surface area contributed by atoms with E-state index in [-0.39, 0.29) is 11.7 Å². The molecule has 0 fully saturated rings. The Morgan fingerprint density at radius 1 is 0.931 bits per heavy atom. The molecule has 29 heavy (non-hydrogen) atoms. The lowest BCUT2D eigenvalue weighted by Crippen LogP contribution is -2.14. The molecular weight excluding hydrogens is 382 g/mol. The summed E-state index contributed by atoms with van der Waals surface area (Å²) in [5.74, 6) is 0.792. The predicted octanol–water partition coefficient (Wildman–Crippen LogP) is 4.25. The smallest absolute Gasteiger partial charge is 0.234 e. The van der Waals surface area contributed by atoms with Crippen LogP contribution in [0, 0.1) is 0 Å². The summed E-state index contributed by atoms with van der Waals surface area (Å²) in [5, 5.41) is 12.2. The molecule has 1 aromatic heterocycles. The highest BCUT2D eigenvalue weighted by molar-refractivity contribution is 7.99. The van der Waals surface area contributed by atoms with Crippen LogP contribution in [-0.4, -0.2) is 26.4 Å². The maximum Gasteiger partial charge on any atom is 0.234 e. The summed E-state index contributed by atoms with van der Waals surface area (Å²) in [5.41, 5.74) is 9.15. The van der Waals surface area contributed by atoms with Crippen molar-refractivity contribution in [3.8, 4) is 17.1 Å². The fourth-order valence-electron chi connectivity index (χ4n) is 2.89. The topological polar surface area (TPSA) is 85.8 Å². The van der Waals surface area contributed by atoms with E-state index in [1.54, 1.807) is 0 Å². The molecule has 4 aromatic rings. The summed E-state index contributed by atoms with van der Waals surface area (Å²) in [7, 11) is 0. The largest absolute Gasteiger partial charge is 0.399 e. The second-order valence-corrected chi connectivity index (χ2v) is 7.25. The van der Waals surface area contributed by atoms with Crippen LogP contribution in [-0.2, 0) is 4.79 Å². The maximum absolute atomic E-state index is 12.3. The van der Waals surface area contributed by atoms with E-state index >= 15 is 0 Å². The number of nitrogens with one attached hydrogen (secondary N) is 1. The summed E-state index contributed by atoms with van der Waals surface area (Å²) in [6.45, 7) is 0. The highest BCUT2D eigenvalue weighted by Crippen LogP contribution is 2.28. The maximum atomic E-state index is 12.3. The molecule has 0 unspecified atom stereocenters. The van der Waals surface area contributed by atoms with Gasteiger partial charge in [-0.05, 0) is 36.4 Å². The number of carbonyl (C=O) groups is 1. The Bertz CT molecular complexity index is 1110. The molecule has 0 atom stereocenters. The zero-order valence-electron chi connectivity index (χ0n) is 15.5. The van der Waals surface area contributed by atoms with Gasteiger partial charge in [-0.3, -0.25) is 9.36 Å². The molecular formula is C22H19N5OS. The Hall–Kier alpha value is -3.58. The number of hydrogen-bond donors (Lipinski definition) is 2. The van der Waals surface area contributed by atoms with Crippen LogP contribution in [0.15, 0.2) is 90.1 Å². The Morgan fingerprint density at radius 2 is 1.66 bits per heavy atom. The van der Waals surface area contributed by atoms with Crippen molar-refractivity contribution in [3.05, 3.63) is 84.9 Å². The van der Waals surface area contributed by atoms with Crippen LogP contribution < -0.4 is 11.1 Å². The minimum absolute atomic E-state index is 0.102. The summed E-state index contributed by atoms with van der Waals surface area (Å²) >= 11 is 1.33. The van der Waals surface area contributed by atoms with Crippen molar-refractivity contribution in [1.82, 2.24) is 14.8 Å². The quantitative estimate of drug-likeness (QED) is 0.373. The number of nitrogen functional groups attached to an aromatic ring is 1. The summed E-state index contributed by atoms with van der Waals surface area (Å²) in [4.78, 5) is 12.3. The molecule has 0 bridgehead atoms. The van der Waals surface area contributed by atoms with Gasteiger partial charge in [0.2, 0.25) is 5.91 Å². The lowest BCUT2D eigenvalue weighted by atomic mass is 10.2. The molecule has 0 aliphatic rings. The normalized spacial score (nSPS) is 10.6. The molecule has 0 saturated heterocycles. The van der Waals surface area contributed by atoms with Crippen LogP contribution in [0.5, 0.6) is 0 Å². The molecule has 0 saturated carbocycles. The van der Waals surface area contributed by atoms with Gasteiger partial charge >= 0.3 is 0 Å². The minimum atomic E-state index is -0.102. The molecule has 4 rings (SSSR count). The van der Waals surface area contributed by atoms with E-state index in [0.29, 0.717) is 16.7 Å². The van der Waals surface area contributed by atoms with Gasteiger partial charge in [0, 0.05) is 22.6 Å². The van der Waals surface area contributed by atoms with Crippen molar-refractivity contribution in [2.24, 2.45) is 0 Å². The lowest BCUT2D eigenvalue weighted by Gasteiger charge is -2.11. The van der Waals surface area contributed by atoms with Gasteiger partial charge in [0.15, 0.2) is 11.0 Å². The van der Waals surface area contributed by atoms with Gasteiger partial charge in [0.25, 0.3) is 0 Å². The van der Waals surface area contributed by atoms with Crippen LogP contribution >= 0.6 is 11.8 Å². The van der Waals surface area contributed by atoms with Crippen LogP contribution in [0.1, 0.15) is 0 Å². The van der Waals surface area contributed by atoms with Crippen molar-refractivity contribution in [1.29, 1.82) is 0 Å². The van der Waals surface area contributed by atoms with Gasteiger partial charge < -0.3 is 11.1 Å². The molecule has 1 amide bonds. The van der Waals surface area contributed by atoms with Gasteiger partial charge in [-0.25, -0.2) is 0 Å². The van der Waals surface area contributed by atoms with Crippen molar-refractivity contribution in [2.45, 2.75) is 5.16 Å². The number of amides is 1. The first-order chi connectivity index (χ1) is 14.2. The third kappa shape index (κ3) is 4.47. The SMILES string of the molecule is Nc1cccc(-c2nnc(SCC(=O)Nc3ccccc3)n2-c2ccccc2)c1. The standard InChI is InChI=1S/C22H19N5OS/c23-17-9-7-8-16(14-17)21-25-26-22(27(21)19-12-5-2-6-13-19)29-15-20(28)24-18-10-3-1-4-11-18/h1-14H,15,23H2,(H,24,28). The minimum Gasteiger partial charge on any atom is -0.399 e. The lowest BCUT2D eigenvalue weighted by molar-refractivity contribution is -0.113. The molecule has 0 radical (unpaired) electrons. The second kappa shape index (κ2) is 8.62. The van der Waals surface area contributed by atoms with Gasteiger partial charge in [-0.2, -0.15) is 0 Å². The number of hydrogen-bond acceptors (Lipinski definition) is 5. The zero-order valence-corrected chi connectivity index (χ0v) is 16.3. The second-order valence-electron chi connectivity index (χ2n) is 6.31. The summed E-state index contributed by atoms with van der Waals surface area (Å²) in [6, 6.07) is 26.7. The molecule has 6 nitrogen and oxygen atoms in total. The Kier molecular flexibility index (Phi) is 5.58. The van der Waals surface area contributed by atoms with E-state index in [4.69, 9.17) is 5.73 Å². The predicted molar refractivity (Wildman–Crippen MR) is 117 cm³/mol. The van der Waals surface area contributed by atoms with Crippen molar-refractivity contribution in [3.63, 3.8) is 0 Å². The number of thioether (sulfide) groups is 1. The fraction of sp³-hybridized carbons (Fsp3) is 0.0455. The third-order valence-electron chi connectivity index (χ3n) is 4.18. The van der Waals surface area contributed by atoms with Gasteiger partial charge in [-0.15, -0.1) is 10.2 Å². The van der Waals surface area contributed by atoms with Crippen LogP contribution in [0.4, 0.5) is 11.4 Å². The van der Waals surface area contributed by atoms with E-state index in [1.807, 2.05) is 89.5 Å². The van der Waals surface area contributed by atoms with Crippen molar-refractivity contribution < 1.29 is 4.79 Å². The Balaban J connectivity index is 1.61. The fourth-order valence-corrected chi connectivity index (χ4v) is 3.64. The molecule has 3 aromatic carbocycles. The van der Waals surface area contributed by atoms with Crippen LogP contribution in [0.3, 0.4) is 0 Å². The van der Waals surface area contributed by atoms with E-state index in [1.165, 1.54) is 11.8 Å². The average Bonchev–Trinajstić information content (AvgIpc) is 3.18. The third-order valence-corrected chi connectivity index (χ3v) is 5.11. The van der Waals surface area contributed by atoms with E-state index < -0.39 is 0 Å². The van der Waals surface area contributed by atoms with Crippen LogP contribution in [0.2, 0.25) is 0 Å². The highest BCUT2D eigenvalue weighted by Gasteiger charge is 2.17. The summed E-state index contributed by atoms with van der Waals surface area (Å²) in [6.07, 6.45) is 0. The van der Waals surface area contributed by atoms with Gasteiger partial charge in [-0.1, -0.05) is 60.3 Å². The molecule has 7 heteroatoms. The molecule has 144 valence electrons. The van der Waals surface area contributed by atoms with E-state index in [0.717, 1.165) is 16.9 Å². The first kappa shape index (κ1) is 18.8. The van der Waals surface area contributed by atoms with Crippen molar-refractivity contribution in [2.75, 3.05) is 16.8 Å². The Morgan fingerprint density at radius 3 is 2.38 bits per heavy atom. The number of anilines is 2. The molecule has 0 spiro atoms. The van der Waals surface area contributed by atoms with E-state index in [2.05, 4.69) is 15.5 Å². The number of rotatable bonds is 6.